The Morgan fingerprint density at radius 2 is 2.12 bits per heavy atom. The summed E-state index contributed by atoms with van der Waals surface area (Å²) in [4.78, 5) is 11.5. The Bertz CT molecular complexity index is 408. The van der Waals surface area contributed by atoms with Crippen LogP contribution in [0, 0.1) is 6.92 Å². The van der Waals surface area contributed by atoms with Crippen LogP contribution in [-0.2, 0) is 9.53 Å². The molecule has 3 nitrogen and oxygen atoms in total. The average Bonchev–Trinajstić information content (AvgIpc) is 2.30. The average molecular weight is 276 g/mol. The first kappa shape index (κ1) is 14.3. The fourth-order valence-electron chi connectivity index (χ4n) is 1.26. The van der Waals surface area contributed by atoms with Crippen LogP contribution in [0.1, 0.15) is 18.9 Å². The van der Waals surface area contributed by atoms with E-state index in [1.807, 2.05) is 13.8 Å². The summed E-state index contributed by atoms with van der Waals surface area (Å²) < 4.78 is 5.13. The minimum atomic E-state index is -0.257. The molecule has 0 saturated carbocycles. The van der Waals surface area contributed by atoms with Crippen molar-refractivity contribution in [3.05, 3.63) is 27.7 Å². The predicted molar refractivity (Wildman–Crippen MR) is 70.9 cm³/mol. The second kappa shape index (κ2) is 6.84. The van der Waals surface area contributed by atoms with Crippen molar-refractivity contribution in [3.63, 3.8) is 0 Å². The summed E-state index contributed by atoms with van der Waals surface area (Å²) in [6, 6.07) is 3.50. The number of hydrogen-bond donors (Lipinski definition) is 1. The van der Waals surface area contributed by atoms with Gasteiger partial charge in [-0.05, 0) is 25.0 Å². The van der Waals surface area contributed by atoms with Gasteiger partial charge < -0.3 is 10.1 Å². The molecule has 1 aromatic carbocycles. The van der Waals surface area contributed by atoms with Crippen molar-refractivity contribution in [3.8, 4) is 0 Å². The van der Waals surface area contributed by atoms with E-state index in [0.29, 0.717) is 22.3 Å². The molecule has 0 spiro atoms. The van der Waals surface area contributed by atoms with Crippen LogP contribution in [0.2, 0.25) is 10.0 Å². The van der Waals surface area contributed by atoms with Crippen LogP contribution in [0.15, 0.2) is 12.1 Å². The summed E-state index contributed by atoms with van der Waals surface area (Å²) >= 11 is 12.0. The molecule has 0 bridgehead atoms. The Hall–Kier alpha value is -0.770. The maximum absolute atomic E-state index is 11.5. The van der Waals surface area contributed by atoms with Crippen LogP contribution >= 0.6 is 23.2 Å². The summed E-state index contributed by atoms with van der Waals surface area (Å²) in [7, 11) is 0. The Balaban J connectivity index is 2.68. The smallest absolute Gasteiger partial charge is 0.250 e. The van der Waals surface area contributed by atoms with E-state index in [4.69, 9.17) is 27.9 Å². The fourth-order valence-corrected chi connectivity index (χ4v) is 1.72. The van der Waals surface area contributed by atoms with Gasteiger partial charge in [-0.3, -0.25) is 4.79 Å². The van der Waals surface area contributed by atoms with Gasteiger partial charge >= 0.3 is 0 Å². The van der Waals surface area contributed by atoms with Crippen LogP contribution in [0.3, 0.4) is 0 Å². The molecule has 0 radical (unpaired) electrons. The number of benzene rings is 1. The van der Waals surface area contributed by atoms with Gasteiger partial charge in [0.15, 0.2) is 0 Å². The molecule has 0 atom stereocenters. The molecule has 0 saturated heterocycles. The maximum atomic E-state index is 11.5. The first-order valence-electron chi connectivity index (χ1n) is 5.38. The number of aryl methyl sites for hydroxylation is 1. The zero-order chi connectivity index (χ0) is 12.8. The van der Waals surface area contributed by atoms with Gasteiger partial charge in [0.2, 0.25) is 5.91 Å². The van der Waals surface area contributed by atoms with Crippen LogP contribution in [0.4, 0.5) is 5.69 Å². The zero-order valence-electron chi connectivity index (χ0n) is 9.85. The number of carbonyl (C=O) groups is 1. The lowest BCUT2D eigenvalue weighted by atomic mass is 10.2. The topological polar surface area (TPSA) is 38.3 Å². The fraction of sp³-hybridized carbons (Fsp3) is 0.417. The second-order valence-corrected chi connectivity index (χ2v) is 4.44. The minimum absolute atomic E-state index is 0.00837. The largest absolute Gasteiger partial charge is 0.372 e. The Morgan fingerprint density at radius 3 is 2.76 bits per heavy atom. The van der Waals surface area contributed by atoms with E-state index in [2.05, 4.69) is 5.32 Å². The second-order valence-electron chi connectivity index (χ2n) is 3.65. The summed E-state index contributed by atoms with van der Waals surface area (Å²) in [5.74, 6) is -0.257. The third kappa shape index (κ3) is 4.19. The first-order chi connectivity index (χ1) is 8.06. The highest BCUT2D eigenvalue weighted by molar-refractivity contribution is 6.40. The van der Waals surface area contributed by atoms with Crippen molar-refractivity contribution in [2.24, 2.45) is 0 Å². The third-order valence-electron chi connectivity index (χ3n) is 2.13. The van der Waals surface area contributed by atoms with E-state index in [1.165, 1.54) is 0 Å². The molecule has 0 heterocycles. The molecular formula is C12H15Cl2NO2. The molecule has 1 N–H and O–H groups in total. The molecule has 0 fully saturated rings. The van der Waals surface area contributed by atoms with Gasteiger partial charge in [0, 0.05) is 6.61 Å². The number of hydrogen-bond acceptors (Lipinski definition) is 2. The number of anilines is 1. The molecule has 94 valence electrons. The molecule has 0 aliphatic rings. The van der Waals surface area contributed by atoms with E-state index >= 15 is 0 Å². The number of amides is 1. The normalized spacial score (nSPS) is 10.4. The van der Waals surface area contributed by atoms with Gasteiger partial charge in [0.25, 0.3) is 0 Å². The molecular weight excluding hydrogens is 261 g/mol. The van der Waals surface area contributed by atoms with Crippen molar-refractivity contribution in [1.29, 1.82) is 0 Å². The van der Waals surface area contributed by atoms with Crippen molar-refractivity contribution in [2.75, 3.05) is 18.5 Å². The van der Waals surface area contributed by atoms with Crippen LogP contribution in [-0.4, -0.2) is 19.1 Å². The van der Waals surface area contributed by atoms with Gasteiger partial charge in [-0.2, -0.15) is 0 Å². The number of nitrogens with one attached hydrogen (secondary N) is 1. The lowest BCUT2D eigenvalue weighted by Gasteiger charge is -2.11. The molecule has 1 rings (SSSR count). The van der Waals surface area contributed by atoms with Crippen molar-refractivity contribution >= 4 is 34.8 Å². The maximum Gasteiger partial charge on any atom is 0.250 e. The van der Waals surface area contributed by atoms with Crippen molar-refractivity contribution in [1.82, 2.24) is 0 Å². The zero-order valence-corrected chi connectivity index (χ0v) is 11.4. The van der Waals surface area contributed by atoms with Gasteiger partial charge in [0.1, 0.15) is 6.61 Å². The summed E-state index contributed by atoms with van der Waals surface area (Å²) in [6.07, 6.45) is 0.874. The van der Waals surface area contributed by atoms with Gasteiger partial charge in [-0.1, -0.05) is 36.2 Å². The SMILES string of the molecule is CCCOCC(=O)Nc1c(Cl)ccc(C)c1Cl. The van der Waals surface area contributed by atoms with E-state index in [-0.39, 0.29) is 12.5 Å². The molecule has 5 heteroatoms. The lowest BCUT2D eigenvalue weighted by molar-refractivity contribution is -0.120. The summed E-state index contributed by atoms with van der Waals surface area (Å²) in [6.45, 7) is 4.39. The molecule has 1 amide bonds. The number of halogens is 2. The van der Waals surface area contributed by atoms with E-state index < -0.39 is 0 Å². The van der Waals surface area contributed by atoms with E-state index in [9.17, 15) is 4.79 Å². The highest BCUT2D eigenvalue weighted by Crippen LogP contribution is 2.32. The Labute approximate surface area is 111 Å². The van der Waals surface area contributed by atoms with Crippen LogP contribution in [0.25, 0.3) is 0 Å². The minimum Gasteiger partial charge on any atom is -0.372 e. The first-order valence-corrected chi connectivity index (χ1v) is 6.14. The molecule has 17 heavy (non-hydrogen) atoms. The van der Waals surface area contributed by atoms with Crippen molar-refractivity contribution < 1.29 is 9.53 Å². The van der Waals surface area contributed by atoms with E-state index in [1.54, 1.807) is 12.1 Å². The quantitative estimate of drug-likeness (QED) is 0.833. The molecule has 0 aliphatic carbocycles. The summed E-state index contributed by atoms with van der Waals surface area (Å²) in [5.41, 5.74) is 1.30. The molecule has 0 unspecified atom stereocenters. The summed E-state index contributed by atoms with van der Waals surface area (Å²) in [5, 5.41) is 3.53. The van der Waals surface area contributed by atoms with Crippen LogP contribution in [0.5, 0.6) is 0 Å². The molecule has 1 aromatic rings. The molecule has 0 aromatic heterocycles. The highest BCUT2D eigenvalue weighted by Gasteiger charge is 2.11. The third-order valence-corrected chi connectivity index (χ3v) is 2.93. The monoisotopic (exact) mass is 275 g/mol. The van der Waals surface area contributed by atoms with Crippen molar-refractivity contribution in [2.45, 2.75) is 20.3 Å². The number of rotatable bonds is 5. The van der Waals surface area contributed by atoms with Crippen LogP contribution < -0.4 is 5.32 Å². The van der Waals surface area contributed by atoms with Gasteiger partial charge in [-0.25, -0.2) is 0 Å². The number of carbonyl (C=O) groups excluding carboxylic acids is 1. The van der Waals surface area contributed by atoms with Gasteiger partial charge in [0.05, 0.1) is 15.7 Å². The lowest BCUT2D eigenvalue weighted by Crippen LogP contribution is -2.19. The Morgan fingerprint density at radius 1 is 1.41 bits per heavy atom. The molecule has 0 aliphatic heterocycles. The Kier molecular flexibility index (Phi) is 5.75. The van der Waals surface area contributed by atoms with E-state index in [0.717, 1.165) is 12.0 Å². The highest BCUT2D eigenvalue weighted by atomic mass is 35.5. The standard InChI is InChI=1S/C12H15Cl2NO2/c1-3-6-17-7-10(16)15-12-9(13)5-4-8(2)11(12)14/h4-5H,3,6-7H2,1-2H3,(H,15,16). The predicted octanol–water partition coefficient (Wildman–Crippen LogP) is 3.67. The van der Waals surface area contributed by atoms with Gasteiger partial charge in [-0.15, -0.1) is 0 Å². The number of ether oxygens (including phenoxy) is 1.